The molecule has 0 rings (SSSR count). The van der Waals surface area contributed by atoms with Crippen LogP contribution in [0.3, 0.4) is 0 Å². The fourth-order valence-electron chi connectivity index (χ4n) is 0. The van der Waals surface area contributed by atoms with Crippen molar-refractivity contribution in [3.63, 3.8) is 0 Å². The van der Waals surface area contributed by atoms with Crippen LogP contribution in [0.1, 0.15) is 0 Å². The average molecular weight is 275 g/mol. The van der Waals surface area contributed by atoms with E-state index in [2.05, 4.69) is 24.8 Å². The van der Waals surface area contributed by atoms with Gasteiger partial charge in [0, 0.05) is 24.5 Å². The Balaban J connectivity index is -0.000000126. The molecule has 0 aliphatic carbocycles. The zero-order valence-corrected chi connectivity index (χ0v) is 9.56. The molecule has 0 aromatic carbocycles. The largest absolute Gasteiger partial charge is 3.00 e. The van der Waals surface area contributed by atoms with Crippen LogP contribution in [-0.4, -0.2) is 40.8 Å². The van der Waals surface area contributed by atoms with Crippen LogP contribution < -0.4 is 0 Å². The Labute approximate surface area is 92.4 Å². The summed E-state index contributed by atoms with van der Waals surface area (Å²) in [6, 6.07) is 0. The van der Waals surface area contributed by atoms with Gasteiger partial charge >= 0.3 is 16.5 Å². The van der Waals surface area contributed by atoms with E-state index in [-0.39, 0.29) is 16.5 Å². The monoisotopic (exact) mass is 274 g/mol. The Morgan fingerprint density at radius 1 is 1.42 bits per heavy atom. The standard InChI is InChI=1S/C3H7NS2.Ni.H2O4S/c1-4(2)3(5)6;;1-5(2,3)4/h1-2H3,(H,5,6);;(H2,1,2,3,4)/q;+3;/p-3. The molecule has 0 aromatic heterocycles. The van der Waals surface area contributed by atoms with E-state index in [1.165, 1.54) is 0 Å². The minimum atomic E-state index is -5.17. The molecule has 1 radical (unpaired) electrons. The number of rotatable bonds is 0. The molecule has 0 amide bonds. The maximum Gasteiger partial charge on any atom is 3.00 e. The van der Waals surface area contributed by atoms with Gasteiger partial charge in [0.15, 0.2) is 0 Å². The van der Waals surface area contributed by atoms with Crippen LogP contribution in [0.5, 0.6) is 0 Å². The first-order valence-corrected chi connectivity index (χ1v) is 4.34. The Kier molecular flexibility index (Phi) is 12.3. The van der Waals surface area contributed by atoms with Gasteiger partial charge in [0.25, 0.3) is 0 Å². The molecule has 0 heterocycles. The predicted octanol–water partition coefficient (Wildman–Crippen LogP) is -0.961. The quantitative estimate of drug-likeness (QED) is 0.185. The molecule has 0 bridgehead atoms. The third kappa shape index (κ3) is 47.0. The second-order valence-electron chi connectivity index (χ2n) is 1.57. The van der Waals surface area contributed by atoms with Crippen LogP contribution in [0.15, 0.2) is 0 Å². The Hall–Kier alpha value is 0.474. The van der Waals surface area contributed by atoms with Gasteiger partial charge in [0.05, 0.1) is 0 Å². The second-order valence-corrected chi connectivity index (χ2v) is 3.42. The number of nitrogens with zero attached hydrogens (tertiary/aromatic N) is 1. The molecule has 12 heavy (non-hydrogen) atoms. The fraction of sp³-hybridized carbons (Fsp3) is 0.667. The summed E-state index contributed by atoms with van der Waals surface area (Å²) in [5.41, 5.74) is 0. The van der Waals surface area contributed by atoms with Crippen molar-refractivity contribution in [3.8, 4) is 0 Å². The SMILES string of the molecule is CN(C)C(=S)[S-].O=S(=O)([O-])[O-].[Ni+3]. The number of hydrogen-bond donors (Lipinski definition) is 0. The molecule has 0 N–H and O–H groups in total. The van der Waals surface area contributed by atoms with Gasteiger partial charge in [-0.2, -0.15) is 0 Å². The molecule has 0 aromatic rings. The molecule has 0 unspecified atom stereocenters. The summed E-state index contributed by atoms with van der Waals surface area (Å²) in [6.45, 7) is 0. The Morgan fingerprint density at radius 3 is 1.50 bits per heavy atom. The molecule has 0 aliphatic heterocycles. The van der Waals surface area contributed by atoms with Crippen molar-refractivity contribution in [2.45, 2.75) is 0 Å². The maximum absolute atomic E-state index is 8.52. The summed E-state index contributed by atoms with van der Waals surface area (Å²) in [4.78, 5) is 1.71. The zero-order valence-electron chi connectivity index (χ0n) is 6.12. The molecule has 0 atom stereocenters. The van der Waals surface area contributed by atoms with Crippen LogP contribution in [0.25, 0.3) is 0 Å². The number of thiocarbonyl (C=S) groups is 1. The van der Waals surface area contributed by atoms with E-state index in [0.29, 0.717) is 4.32 Å². The molecule has 9 heteroatoms. The molecule has 0 spiro atoms. The van der Waals surface area contributed by atoms with E-state index in [9.17, 15) is 0 Å². The normalized spacial score (nSPS) is 8.67. The minimum absolute atomic E-state index is 0. The van der Waals surface area contributed by atoms with E-state index in [0.717, 1.165) is 0 Å². The van der Waals surface area contributed by atoms with Gasteiger partial charge in [-0.25, -0.2) is 0 Å². The van der Waals surface area contributed by atoms with Crippen molar-refractivity contribution in [3.05, 3.63) is 0 Å². The summed E-state index contributed by atoms with van der Waals surface area (Å²) in [6.07, 6.45) is 0. The Bertz CT molecular complexity index is 206. The van der Waals surface area contributed by atoms with Crippen molar-refractivity contribution in [2.75, 3.05) is 14.1 Å². The molecule has 0 aliphatic rings. The van der Waals surface area contributed by atoms with Crippen LogP contribution in [0, 0.1) is 0 Å². The van der Waals surface area contributed by atoms with E-state index < -0.39 is 10.4 Å². The summed E-state index contributed by atoms with van der Waals surface area (Å²) in [7, 11) is -1.51. The summed E-state index contributed by atoms with van der Waals surface area (Å²) in [5, 5.41) is 0. The van der Waals surface area contributed by atoms with E-state index in [1.807, 2.05) is 14.1 Å². The van der Waals surface area contributed by atoms with Crippen LogP contribution in [-0.2, 0) is 39.5 Å². The molecular formula is C3H6NNiO4S3. The zero-order chi connectivity index (χ0) is 9.65. The molecule has 0 saturated heterocycles. The maximum atomic E-state index is 8.52. The summed E-state index contributed by atoms with van der Waals surface area (Å²) in [5.74, 6) is 0. The second kappa shape index (κ2) is 8.09. The van der Waals surface area contributed by atoms with Gasteiger partial charge in [-0.3, -0.25) is 8.42 Å². The first-order valence-electron chi connectivity index (χ1n) is 2.19. The summed E-state index contributed by atoms with van der Waals surface area (Å²) < 4.78 is 34.6. The minimum Gasteiger partial charge on any atom is -0.759 e. The van der Waals surface area contributed by atoms with Crippen molar-refractivity contribution in [2.24, 2.45) is 0 Å². The van der Waals surface area contributed by atoms with Crippen molar-refractivity contribution < 1.29 is 34.0 Å². The molecule has 5 nitrogen and oxygen atoms in total. The van der Waals surface area contributed by atoms with E-state index in [4.69, 9.17) is 17.5 Å². The fourth-order valence-corrected chi connectivity index (χ4v) is 0. The Morgan fingerprint density at radius 2 is 1.50 bits per heavy atom. The van der Waals surface area contributed by atoms with Gasteiger partial charge < -0.3 is 38.9 Å². The van der Waals surface area contributed by atoms with Crippen molar-refractivity contribution >= 4 is 39.6 Å². The average Bonchev–Trinajstić information content (AvgIpc) is 1.59. The van der Waals surface area contributed by atoms with Crippen molar-refractivity contribution in [1.29, 1.82) is 0 Å². The first kappa shape index (κ1) is 18.3. The van der Waals surface area contributed by atoms with Gasteiger partial charge in [-0.1, -0.05) is 4.32 Å². The van der Waals surface area contributed by atoms with E-state index in [1.54, 1.807) is 4.90 Å². The topological polar surface area (TPSA) is 83.5 Å². The molecule has 0 saturated carbocycles. The molecule has 75 valence electrons. The van der Waals surface area contributed by atoms with Gasteiger partial charge in [-0.05, 0) is 0 Å². The van der Waals surface area contributed by atoms with Gasteiger partial charge in [-0.15, -0.1) is 0 Å². The van der Waals surface area contributed by atoms with Crippen LogP contribution >= 0.6 is 12.2 Å². The smallest absolute Gasteiger partial charge is 0.759 e. The molecule has 0 fully saturated rings. The van der Waals surface area contributed by atoms with Crippen LogP contribution in [0.2, 0.25) is 0 Å². The third-order valence-corrected chi connectivity index (χ3v) is 1.10. The predicted molar refractivity (Wildman–Crippen MR) is 44.1 cm³/mol. The van der Waals surface area contributed by atoms with Crippen LogP contribution in [0.4, 0.5) is 0 Å². The number of hydrogen-bond acceptors (Lipinski definition) is 6. The summed E-state index contributed by atoms with van der Waals surface area (Å²) >= 11 is 9.12. The van der Waals surface area contributed by atoms with Crippen molar-refractivity contribution in [1.82, 2.24) is 4.90 Å². The first-order chi connectivity index (χ1) is 4.64. The third-order valence-electron chi connectivity index (χ3n) is 0.365. The van der Waals surface area contributed by atoms with Gasteiger partial charge in [0.2, 0.25) is 0 Å². The molecular weight excluding hydrogens is 269 g/mol. The van der Waals surface area contributed by atoms with E-state index >= 15 is 0 Å². The van der Waals surface area contributed by atoms with Gasteiger partial charge in [0.1, 0.15) is 0 Å².